The van der Waals surface area contributed by atoms with Crippen LogP contribution < -0.4 is 9.46 Å². The number of nitrogens with one attached hydrogen (secondary N) is 1. The van der Waals surface area contributed by atoms with Gasteiger partial charge in [-0.05, 0) is 26.0 Å². The normalized spacial score (nSPS) is 18.5. The predicted octanol–water partition coefficient (Wildman–Crippen LogP) is 1.71. The van der Waals surface area contributed by atoms with Crippen LogP contribution in [0.2, 0.25) is 0 Å². The molecule has 0 radical (unpaired) electrons. The summed E-state index contributed by atoms with van der Waals surface area (Å²) in [6.45, 7) is 6.86. The van der Waals surface area contributed by atoms with Crippen LogP contribution in [0.15, 0.2) is 24.3 Å². The molecular formula is C17H26N2O5S. The summed E-state index contributed by atoms with van der Waals surface area (Å²) in [5.74, 6) is -0.555. The minimum absolute atomic E-state index is 0.177. The molecule has 7 nitrogen and oxygen atoms in total. The highest BCUT2D eigenvalue weighted by Gasteiger charge is 2.37. The zero-order valence-electron chi connectivity index (χ0n) is 15.1. The molecule has 1 amide bonds. The largest absolute Gasteiger partial charge is 0.497 e. The van der Waals surface area contributed by atoms with Gasteiger partial charge in [-0.1, -0.05) is 13.0 Å². The monoisotopic (exact) mass is 370 g/mol. The molecule has 140 valence electrons. The predicted molar refractivity (Wildman–Crippen MR) is 96.2 cm³/mol. The van der Waals surface area contributed by atoms with Gasteiger partial charge in [-0.25, -0.2) is 8.42 Å². The Bertz CT molecular complexity index is 718. The van der Waals surface area contributed by atoms with Gasteiger partial charge < -0.3 is 14.4 Å². The first-order valence-electron chi connectivity index (χ1n) is 8.18. The number of benzene rings is 1. The summed E-state index contributed by atoms with van der Waals surface area (Å²) in [6.07, 6.45) is 0. The standard InChI is InChI=1S/C17H26N2O5S/c1-13(16(20)19-8-9-24-12-17(19,2)3)11-25(21,22)18-14-6-5-7-15(10-14)23-4/h5-7,10,13,18H,8-9,11-12H2,1-4H3. The zero-order valence-corrected chi connectivity index (χ0v) is 15.9. The van der Waals surface area contributed by atoms with Crippen molar-refractivity contribution in [2.24, 2.45) is 5.92 Å². The molecule has 1 N–H and O–H groups in total. The molecule has 0 aliphatic carbocycles. The van der Waals surface area contributed by atoms with E-state index >= 15 is 0 Å². The van der Waals surface area contributed by atoms with Crippen LogP contribution in [0.25, 0.3) is 0 Å². The maximum absolute atomic E-state index is 12.7. The fraction of sp³-hybridized carbons (Fsp3) is 0.588. The quantitative estimate of drug-likeness (QED) is 0.824. The van der Waals surface area contributed by atoms with Gasteiger partial charge in [-0.2, -0.15) is 0 Å². The Morgan fingerprint density at radius 3 is 2.80 bits per heavy atom. The third kappa shape index (κ3) is 5.09. The Kier molecular flexibility index (Phi) is 5.95. The van der Waals surface area contributed by atoms with Crippen LogP contribution in [0.4, 0.5) is 5.69 Å². The van der Waals surface area contributed by atoms with Crippen LogP contribution >= 0.6 is 0 Å². The number of sulfonamides is 1. The number of carbonyl (C=O) groups is 1. The molecule has 0 aromatic heterocycles. The van der Waals surface area contributed by atoms with Crippen molar-refractivity contribution in [1.82, 2.24) is 4.90 Å². The van der Waals surface area contributed by atoms with E-state index in [-0.39, 0.29) is 11.7 Å². The van der Waals surface area contributed by atoms with Crippen molar-refractivity contribution in [3.8, 4) is 5.75 Å². The van der Waals surface area contributed by atoms with Crippen LogP contribution in [0.3, 0.4) is 0 Å². The lowest BCUT2D eigenvalue weighted by atomic mass is 10.00. The molecule has 1 atom stereocenters. The van der Waals surface area contributed by atoms with Crippen LogP contribution in [0.5, 0.6) is 5.75 Å². The highest BCUT2D eigenvalue weighted by atomic mass is 32.2. The van der Waals surface area contributed by atoms with Crippen LogP contribution in [-0.2, 0) is 19.6 Å². The Morgan fingerprint density at radius 1 is 1.44 bits per heavy atom. The van der Waals surface area contributed by atoms with Crippen molar-refractivity contribution < 1.29 is 22.7 Å². The number of nitrogens with zero attached hydrogens (tertiary/aromatic N) is 1. The van der Waals surface area contributed by atoms with E-state index in [0.29, 0.717) is 31.2 Å². The first-order valence-corrected chi connectivity index (χ1v) is 9.83. The van der Waals surface area contributed by atoms with E-state index < -0.39 is 21.5 Å². The molecule has 25 heavy (non-hydrogen) atoms. The molecule has 1 aromatic carbocycles. The molecule has 8 heteroatoms. The van der Waals surface area contributed by atoms with Gasteiger partial charge >= 0.3 is 0 Å². The minimum Gasteiger partial charge on any atom is -0.497 e. The van der Waals surface area contributed by atoms with Crippen molar-refractivity contribution in [1.29, 1.82) is 0 Å². The topological polar surface area (TPSA) is 84.9 Å². The molecule has 0 spiro atoms. The SMILES string of the molecule is COc1cccc(NS(=O)(=O)CC(C)C(=O)N2CCOCC2(C)C)c1. The van der Waals surface area contributed by atoms with Crippen molar-refractivity contribution >= 4 is 21.6 Å². The van der Waals surface area contributed by atoms with Crippen molar-refractivity contribution in [2.45, 2.75) is 26.3 Å². The van der Waals surface area contributed by atoms with Crippen molar-refractivity contribution in [3.05, 3.63) is 24.3 Å². The first kappa shape index (κ1) is 19.5. The number of morpholine rings is 1. The summed E-state index contributed by atoms with van der Waals surface area (Å²) in [5, 5.41) is 0. The Hall–Kier alpha value is -1.80. The van der Waals surface area contributed by atoms with Gasteiger partial charge in [0.05, 0.1) is 43.2 Å². The van der Waals surface area contributed by atoms with E-state index in [4.69, 9.17) is 9.47 Å². The molecule has 1 heterocycles. The molecule has 1 aliphatic rings. The molecule has 1 aromatic rings. The van der Waals surface area contributed by atoms with Crippen LogP contribution in [0, 0.1) is 5.92 Å². The lowest BCUT2D eigenvalue weighted by Crippen LogP contribution is -2.57. The van der Waals surface area contributed by atoms with Gasteiger partial charge in [0, 0.05) is 12.6 Å². The number of methoxy groups -OCH3 is 1. The lowest BCUT2D eigenvalue weighted by Gasteiger charge is -2.43. The summed E-state index contributed by atoms with van der Waals surface area (Å²) in [7, 11) is -2.15. The number of hydrogen-bond donors (Lipinski definition) is 1. The van der Waals surface area contributed by atoms with Crippen LogP contribution in [-0.4, -0.2) is 57.4 Å². The number of anilines is 1. The van der Waals surface area contributed by atoms with Gasteiger partial charge in [0.1, 0.15) is 5.75 Å². The van der Waals surface area contributed by atoms with Gasteiger partial charge in [0.2, 0.25) is 15.9 Å². The van der Waals surface area contributed by atoms with Gasteiger partial charge in [0.15, 0.2) is 0 Å². The van der Waals surface area contributed by atoms with Crippen LogP contribution in [0.1, 0.15) is 20.8 Å². The summed E-state index contributed by atoms with van der Waals surface area (Å²) in [4.78, 5) is 14.4. The highest BCUT2D eigenvalue weighted by molar-refractivity contribution is 7.92. The third-order valence-corrected chi connectivity index (χ3v) is 5.63. The van der Waals surface area contributed by atoms with Crippen molar-refractivity contribution in [3.63, 3.8) is 0 Å². The number of ether oxygens (including phenoxy) is 2. The van der Waals surface area contributed by atoms with Gasteiger partial charge in [-0.15, -0.1) is 0 Å². The maximum Gasteiger partial charge on any atom is 0.233 e. The molecule has 1 aliphatic heterocycles. The number of hydrogen-bond acceptors (Lipinski definition) is 5. The fourth-order valence-electron chi connectivity index (χ4n) is 2.84. The summed E-state index contributed by atoms with van der Waals surface area (Å²) in [5.41, 5.74) is -0.0289. The summed E-state index contributed by atoms with van der Waals surface area (Å²) < 4.78 is 37.8. The number of rotatable bonds is 6. The van der Waals surface area contributed by atoms with E-state index in [0.717, 1.165) is 0 Å². The smallest absolute Gasteiger partial charge is 0.233 e. The van der Waals surface area contributed by atoms with E-state index in [2.05, 4.69) is 4.72 Å². The molecule has 1 saturated heterocycles. The third-order valence-electron chi connectivity index (χ3n) is 4.15. The Morgan fingerprint density at radius 2 is 2.16 bits per heavy atom. The lowest BCUT2D eigenvalue weighted by molar-refractivity contribution is -0.149. The fourth-order valence-corrected chi connectivity index (χ4v) is 4.21. The summed E-state index contributed by atoms with van der Waals surface area (Å²) >= 11 is 0. The van der Waals surface area contributed by atoms with Gasteiger partial charge in [-0.3, -0.25) is 9.52 Å². The second-order valence-corrected chi connectivity index (χ2v) is 8.64. The number of amides is 1. The maximum atomic E-state index is 12.7. The van der Waals surface area contributed by atoms with E-state index in [1.54, 1.807) is 36.1 Å². The first-order chi connectivity index (χ1) is 11.6. The highest BCUT2D eigenvalue weighted by Crippen LogP contribution is 2.23. The molecule has 1 unspecified atom stereocenters. The van der Waals surface area contributed by atoms with Crippen molar-refractivity contribution in [2.75, 3.05) is 37.3 Å². The summed E-state index contributed by atoms with van der Waals surface area (Å²) in [6, 6.07) is 6.65. The molecule has 0 saturated carbocycles. The number of carbonyl (C=O) groups excluding carboxylic acids is 1. The zero-order chi connectivity index (χ0) is 18.7. The second-order valence-electron chi connectivity index (χ2n) is 6.87. The van der Waals surface area contributed by atoms with E-state index in [1.807, 2.05) is 13.8 Å². The molecule has 1 fully saturated rings. The van der Waals surface area contributed by atoms with Gasteiger partial charge in [0.25, 0.3) is 0 Å². The van der Waals surface area contributed by atoms with E-state index in [1.165, 1.54) is 7.11 Å². The minimum atomic E-state index is -3.66. The molecule has 0 bridgehead atoms. The average molecular weight is 370 g/mol. The Labute approximate surface area is 149 Å². The second kappa shape index (κ2) is 7.61. The molecular weight excluding hydrogens is 344 g/mol. The Balaban J connectivity index is 2.04. The average Bonchev–Trinajstić information content (AvgIpc) is 2.53. The molecule has 2 rings (SSSR count). The van der Waals surface area contributed by atoms with E-state index in [9.17, 15) is 13.2 Å².